The third-order valence-electron chi connectivity index (χ3n) is 9.71. The fraction of sp³-hybridized carbons (Fsp3) is 0.0732. The van der Waals surface area contributed by atoms with Crippen molar-refractivity contribution in [2.24, 2.45) is 0 Å². The lowest BCUT2D eigenvalue weighted by molar-refractivity contribution is 0.0979. The molecule has 44 heavy (non-hydrogen) atoms. The van der Waals surface area contributed by atoms with Gasteiger partial charge in [0, 0.05) is 27.9 Å². The number of carbonyl (C=O) groups is 2. The summed E-state index contributed by atoms with van der Waals surface area (Å²) in [4.78, 5) is 29.5. The van der Waals surface area contributed by atoms with E-state index in [0.29, 0.717) is 22.3 Å². The van der Waals surface area contributed by atoms with E-state index in [9.17, 15) is 9.59 Å². The highest BCUT2D eigenvalue weighted by molar-refractivity contribution is 6.28. The van der Waals surface area contributed by atoms with E-state index in [1.54, 1.807) is 12.1 Å². The van der Waals surface area contributed by atoms with Gasteiger partial charge >= 0.3 is 0 Å². The van der Waals surface area contributed by atoms with E-state index in [-0.39, 0.29) is 11.6 Å². The SMILES string of the molecule is Cc1ccc2c(c1)C1(c3ccccc3-c3ccccc31)c1cc(C)ccc1N2c1ccc2c(c1)C(=O)c1ccccc1C2=O. The molecular weight excluding hydrogens is 538 g/mol. The molecule has 0 N–H and O–H groups in total. The summed E-state index contributed by atoms with van der Waals surface area (Å²) < 4.78 is 0. The van der Waals surface area contributed by atoms with E-state index in [1.807, 2.05) is 30.3 Å². The highest BCUT2D eigenvalue weighted by atomic mass is 16.1. The maximum absolute atomic E-state index is 13.8. The van der Waals surface area contributed by atoms with Crippen molar-refractivity contribution in [3.63, 3.8) is 0 Å². The normalized spacial score (nSPS) is 14.8. The molecule has 1 aliphatic heterocycles. The van der Waals surface area contributed by atoms with Gasteiger partial charge in [0.2, 0.25) is 0 Å². The molecular formula is C41H27NO2. The van der Waals surface area contributed by atoms with Crippen molar-refractivity contribution < 1.29 is 9.59 Å². The molecule has 0 radical (unpaired) electrons. The molecule has 2 aliphatic carbocycles. The van der Waals surface area contributed by atoms with Crippen molar-refractivity contribution in [1.29, 1.82) is 0 Å². The van der Waals surface area contributed by atoms with E-state index in [0.717, 1.165) is 17.1 Å². The number of fused-ring (bicyclic) bond motifs is 11. The predicted octanol–water partition coefficient (Wildman–Crippen LogP) is 9.23. The summed E-state index contributed by atoms with van der Waals surface area (Å²) in [6.45, 7) is 4.30. The van der Waals surface area contributed by atoms with Gasteiger partial charge in [-0.3, -0.25) is 9.59 Å². The Labute approximate surface area is 256 Å². The molecule has 208 valence electrons. The van der Waals surface area contributed by atoms with Crippen LogP contribution in [0, 0.1) is 13.8 Å². The number of carbonyl (C=O) groups excluding carboxylic acids is 2. The fourth-order valence-corrected chi connectivity index (χ4v) is 7.89. The molecule has 0 aromatic heterocycles. The summed E-state index contributed by atoms with van der Waals surface area (Å²) in [5, 5.41) is 0. The molecule has 3 nitrogen and oxygen atoms in total. The molecule has 0 fully saturated rings. The zero-order chi connectivity index (χ0) is 29.7. The average Bonchev–Trinajstić information content (AvgIpc) is 3.35. The number of ketones is 2. The van der Waals surface area contributed by atoms with Gasteiger partial charge in [0.15, 0.2) is 11.6 Å². The highest BCUT2D eigenvalue weighted by Crippen LogP contribution is 2.63. The molecule has 6 aromatic rings. The smallest absolute Gasteiger partial charge is 0.194 e. The fourth-order valence-electron chi connectivity index (χ4n) is 7.89. The molecule has 3 aliphatic rings. The van der Waals surface area contributed by atoms with Gasteiger partial charge in [-0.15, -0.1) is 0 Å². The van der Waals surface area contributed by atoms with E-state index in [1.165, 1.54) is 44.5 Å². The average molecular weight is 566 g/mol. The maximum atomic E-state index is 13.8. The summed E-state index contributed by atoms with van der Waals surface area (Å²) in [6, 6.07) is 43.8. The Morgan fingerprint density at radius 2 is 0.886 bits per heavy atom. The van der Waals surface area contributed by atoms with Crippen molar-refractivity contribution in [2.75, 3.05) is 4.90 Å². The molecule has 0 unspecified atom stereocenters. The summed E-state index contributed by atoms with van der Waals surface area (Å²) in [5.41, 5.74) is 14.2. The lowest BCUT2D eigenvalue weighted by atomic mass is 9.64. The van der Waals surface area contributed by atoms with Gasteiger partial charge in [-0.05, 0) is 77.6 Å². The van der Waals surface area contributed by atoms with Crippen LogP contribution in [0.25, 0.3) is 11.1 Å². The molecule has 3 heteroatoms. The minimum atomic E-state index is -0.509. The van der Waals surface area contributed by atoms with Gasteiger partial charge in [0.25, 0.3) is 0 Å². The summed E-state index contributed by atoms with van der Waals surface area (Å²) in [6.07, 6.45) is 0. The van der Waals surface area contributed by atoms with Crippen LogP contribution in [0.15, 0.2) is 127 Å². The van der Waals surface area contributed by atoms with E-state index >= 15 is 0 Å². The zero-order valence-electron chi connectivity index (χ0n) is 24.4. The molecule has 0 atom stereocenters. The van der Waals surface area contributed by atoms with Gasteiger partial charge < -0.3 is 4.90 Å². The Hall–Kier alpha value is -5.54. The van der Waals surface area contributed by atoms with Crippen molar-refractivity contribution in [1.82, 2.24) is 0 Å². The van der Waals surface area contributed by atoms with E-state index < -0.39 is 5.41 Å². The highest BCUT2D eigenvalue weighted by Gasteiger charge is 2.51. The summed E-state index contributed by atoms with van der Waals surface area (Å²) >= 11 is 0. The molecule has 9 rings (SSSR count). The number of benzene rings is 6. The first kappa shape index (κ1) is 25.0. The molecule has 6 aromatic carbocycles. The van der Waals surface area contributed by atoms with Gasteiger partial charge in [-0.25, -0.2) is 0 Å². The van der Waals surface area contributed by atoms with Gasteiger partial charge in [-0.2, -0.15) is 0 Å². The van der Waals surface area contributed by atoms with Crippen molar-refractivity contribution >= 4 is 28.6 Å². The van der Waals surface area contributed by atoms with Crippen LogP contribution in [0.3, 0.4) is 0 Å². The van der Waals surface area contributed by atoms with E-state index in [4.69, 9.17) is 0 Å². The van der Waals surface area contributed by atoms with E-state index in [2.05, 4.69) is 104 Å². The summed E-state index contributed by atoms with van der Waals surface area (Å²) in [7, 11) is 0. The predicted molar refractivity (Wildman–Crippen MR) is 175 cm³/mol. The van der Waals surface area contributed by atoms with Gasteiger partial charge in [-0.1, -0.05) is 108 Å². The number of hydrogen-bond donors (Lipinski definition) is 0. The number of hydrogen-bond acceptors (Lipinski definition) is 3. The Balaban J connectivity index is 1.36. The Morgan fingerprint density at radius 3 is 1.43 bits per heavy atom. The van der Waals surface area contributed by atoms with Crippen LogP contribution in [0.4, 0.5) is 17.1 Å². The number of anilines is 3. The van der Waals surface area contributed by atoms with Gasteiger partial charge in [0.1, 0.15) is 0 Å². The second-order valence-corrected chi connectivity index (χ2v) is 12.2. The Kier molecular flexibility index (Phi) is 4.97. The van der Waals surface area contributed by atoms with Crippen LogP contribution in [-0.2, 0) is 5.41 Å². The second-order valence-electron chi connectivity index (χ2n) is 12.2. The standard InChI is InChI=1S/C41H27NO2/c1-24-15-19-37-35(21-24)41(33-13-7-5-9-27(33)28-10-6-8-14-34(28)41)36-22-25(2)16-20-38(36)42(37)26-17-18-31-32(23-26)40(44)30-12-4-3-11-29(30)39(31)43/h3-23H,1-2H3. The minimum absolute atomic E-state index is 0.106. The second kappa shape index (κ2) is 8.75. The first-order valence-electron chi connectivity index (χ1n) is 15.0. The Morgan fingerprint density at radius 1 is 0.432 bits per heavy atom. The van der Waals surface area contributed by atoms with Crippen LogP contribution in [-0.4, -0.2) is 11.6 Å². The van der Waals surface area contributed by atoms with Crippen molar-refractivity contribution in [3.05, 3.63) is 183 Å². The topological polar surface area (TPSA) is 37.4 Å². The minimum Gasteiger partial charge on any atom is -0.310 e. The summed E-state index contributed by atoms with van der Waals surface area (Å²) in [5.74, 6) is -0.219. The molecule has 0 saturated heterocycles. The molecule has 1 heterocycles. The molecule has 1 spiro atoms. The van der Waals surface area contributed by atoms with Crippen LogP contribution in [0.5, 0.6) is 0 Å². The lowest BCUT2D eigenvalue weighted by Crippen LogP contribution is -2.36. The zero-order valence-corrected chi connectivity index (χ0v) is 24.4. The van der Waals surface area contributed by atoms with Crippen LogP contribution in [0.2, 0.25) is 0 Å². The first-order valence-corrected chi connectivity index (χ1v) is 15.0. The largest absolute Gasteiger partial charge is 0.310 e. The third kappa shape index (κ3) is 3.06. The Bertz CT molecular complexity index is 2160. The maximum Gasteiger partial charge on any atom is 0.194 e. The van der Waals surface area contributed by atoms with Crippen LogP contribution >= 0.6 is 0 Å². The molecule has 0 amide bonds. The molecule has 0 saturated carbocycles. The molecule has 0 bridgehead atoms. The quantitative estimate of drug-likeness (QED) is 0.199. The van der Waals surface area contributed by atoms with Crippen LogP contribution in [0.1, 0.15) is 65.2 Å². The number of rotatable bonds is 1. The lowest BCUT2D eigenvalue weighted by Gasteiger charge is -2.45. The van der Waals surface area contributed by atoms with Crippen LogP contribution < -0.4 is 4.90 Å². The van der Waals surface area contributed by atoms with Gasteiger partial charge in [0.05, 0.1) is 16.8 Å². The third-order valence-corrected chi connectivity index (χ3v) is 9.71. The van der Waals surface area contributed by atoms with Crippen molar-refractivity contribution in [2.45, 2.75) is 19.3 Å². The first-order chi connectivity index (χ1) is 21.5. The number of aryl methyl sites for hydroxylation is 2. The monoisotopic (exact) mass is 565 g/mol. The number of nitrogens with zero attached hydrogens (tertiary/aromatic N) is 1. The van der Waals surface area contributed by atoms with Crippen molar-refractivity contribution in [3.8, 4) is 11.1 Å².